The first-order valence-corrected chi connectivity index (χ1v) is 6.14. The summed E-state index contributed by atoms with van der Waals surface area (Å²) in [6, 6.07) is 3.73. The van der Waals surface area contributed by atoms with Crippen molar-refractivity contribution in [3.05, 3.63) is 23.5 Å². The molecule has 1 aromatic rings. The van der Waals surface area contributed by atoms with Crippen molar-refractivity contribution in [3.63, 3.8) is 0 Å². The van der Waals surface area contributed by atoms with Crippen LogP contribution in [0.4, 0.5) is 0 Å². The van der Waals surface area contributed by atoms with E-state index in [9.17, 15) is 4.79 Å². The molecule has 0 bridgehead atoms. The fourth-order valence-corrected chi connectivity index (χ4v) is 1.56. The lowest BCUT2D eigenvalue weighted by Gasteiger charge is -2.16. The molecule has 0 aliphatic heterocycles. The molecule has 5 heteroatoms. The fraction of sp³-hybridized carbons (Fsp3) is 0.538. The Hall–Kier alpha value is -1.62. The predicted octanol–water partition coefficient (Wildman–Crippen LogP) is 1.01. The van der Waals surface area contributed by atoms with E-state index in [0.717, 1.165) is 11.4 Å². The normalized spacial score (nSPS) is 12.0. The third kappa shape index (κ3) is 4.00. The first-order chi connectivity index (χ1) is 8.58. The minimum Gasteiger partial charge on any atom is -0.479 e. The second kappa shape index (κ2) is 6.96. The molecule has 0 spiro atoms. The molecule has 1 unspecified atom stereocenters. The Kier molecular flexibility index (Phi) is 5.58. The van der Waals surface area contributed by atoms with Crippen LogP contribution in [0.15, 0.2) is 12.1 Å². The van der Waals surface area contributed by atoms with Crippen molar-refractivity contribution in [1.82, 2.24) is 15.6 Å². The summed E-state index contributed by atoms with van der Waals surface area (Å²) in [4.78, 5) is 16.0. The van der Waals surface area contributed by atoms with Gasteiger partial charge in [0, 0.05) is 18.8 Å². The second-order valence-corrected chi connectivity index (χ2v) is 4.08. The first kappa shape index (κ1) is 14.4. The maximum absolute atomic E-state index is 11.6. The summed E-state index contributed by atoms with van der Waals surface area (Å²) < 4.78 is 5.65. The van der Waals surface area contributed by atoms with Gasteiger partial charge in [-0.25, -0.2) is 0 Å². The van der Waals surface area contributed by atoms with Crippen LogP contribution in [0.3, 0.4) is 0 Å². The van der Waals surface area contributed by atoms with Gasteiger partial charge < -0.3 is 15.4 Å². The molecule has 1 atom stereocenters. The number of rotatable bonds is 6. The third-order valence-electron chi connectivity index (χ3n) is 2.44. The summed E-state index contributed by atoms with van der Waals surface area (Å²) in [6.07, 6.45) is -0.523. The number of likely N-dealkylation sites (N-methyl/N-ethyl adjacent to an activating group) is 1. The van der Waals surface area contributed by atoms with Crippen LogP contribution >= 0.6 is 0 Å². The molecule has 1 heterocycles. The van der Waals surface area contributed by atoms with Crippen molar-refractivity contribution in [2.24, 2.45) is 0 Å². The van der Waals surface area contributed by atoms with Crippen LogP contribution in [0.2, 0.25) is 0 Å². The molecule has 2 N–H and O–H groups in total. The standard InChI is InChI=1S/C13H21N3O2/c1-5-15-13(17)10(3)18-12-7-6-9(2)16-11(12)8-14-4/h6-7,10,14H,5,8H2,1-4H3,(H,15,17). The number of amides is 1. The van der Waals surface area contributed by atoms with Crippen molar-refractivity contribution < 1.29 is 9.53 Å². The molecule has 5 nitrogen and oxygen atoms in total. The summed E-state index contributed by atoms with van der Waals surface area (Å²) in [5, 5.41) is 5.76. The van der Waals surface area contributed by atoms with Gasteiger partial charge in [-0.05, 0) is 40.0 Å². The van der Waals surface area contributed by atoms with Crippen molar-refractivity contribution in [3.8, 4) is 5.75 Å². The summed E-state index contributed by atoms with van der Waals surface area (Å²) in [5.74, 6) is 0.530. The quantitative estimate of drug-likeness (QED) is 0.792. The Balaban J connectivity index is 2.79. The van der Waals surface area contributed by atoms with Gasteiger partial charge in [-0.2, -0.15) is 0 Å². The molecular formula is C13H21N3O2. The van der Waals surface area contributed by atoms with Crippen LogP contribution in [0.5, 0.6) is 5.75 Å². The van der Waals surface area contributed by atoms with Crippen molar-refractivity contribution in [1.29, 1.82) is 0 Å². The average molecular weight is 251 g/mol. The molecule has 0 aliphatic carbocycles. The van der Waals surface area contributed by atoms with E-state index < -0.39 is 6.10 Å². The van der Waals surface area contributed by atoms with Gasteiger partial charge in [0.2, 0.25) is 0 Å². The Morgan fingerprint density at radius 3 is 2.83 bits per heavy atom. The first-order valence-electron chi connectivity index (χ1n) is 6.14. The number of hydrogen-bond acceptors (Lipinski definition) is 4. The molecule has 0 saturated carbocycles. The molecule has 100 valence electrons. The topological polar surface area (TPSA) is 63.2 Å². The molecule has 0 radical (unpaired) electrons. The van der Waals surface area contributed by atoms with Crippen LogP contribution in [0.1, 0.15) is 25.2 Å². The highest BCUT2D eigenvalue weighted by molar-refractivity contribution is 5.80. The van der Waals surface area contributed by atoms with Gasteiger partial charge in [0.1, 0.15) is 5.75 Å². The van der Waals surface area contributed by atoms with Crippen LogP contribution in [0.25, 0.3) is 0 Å². The van der Waals surface area contributed by atoms with E-state index in [1.807, 2.05) is 33.0 Å². The van der Waals surface area contributed by atoms with Gasteiger partial charge in [0.15, 0.2) is 6.10 Å². The molecule has 0 fully saturated rings. The number of carbonyl (C=O) groups excluding carboxylic acids is 1. The minimum atomic E-state index is -0.523. The Morgan fingerprint density at radius 2 is 2.22 bits per heavy atom. The maximum Gasteiger partial charge on any atom is 0.260 e. The van der Waals surface area contributed by atoms with Crippen molar-refractivity contribution in [2.45, 2.75) is 33.4 Å². The average Bonchev–Trinajstić information content (AvgIpc) is 2.33. The van der Waals surface area contributed by atoms with Crippen molar-refractivity contribution in [2.75, 3.05) is 13.6 Å². The van der Waals surface area contributed by atoms with Gasteiger partial charge in [-0.3, -0.25) is 9.78 Å². The summed E-state index contributed by atoms with van der Waals surface area (Å²) in [6.45, 7) is 6.75. The number of aryl methyl sites for hydroxylation is 1. The molecule has 0 saturated heterocycles. The van der Waals surface area contributed by atoms with E-state index in [0.29, 0.717) is 18.8 Å². The highest BCUT2D eigenvalue weighted by Crippen LogP contribution is 2.18. The lowest BCUT2D eigenvalue weighted by Crippen LogP contribution is -2.36. The number of nitrogens with zero attached hydrogens (tertiary/aromatic N) is 1. The number of aromatic nitrogens is 1. The van der Waals surface area contributed by atoms with Gasteiger partial charge in [-0.15, -0.1) is 0 Å². The smallest absolute Gasteiger partial charge is 0.260 e. The highest BCUT2D eigenvalue weighted by Gasteiger charge is 2.15. The van der Waals surface area contributed by atoms with Gasteiger partial charge in [0.05, 0.1) is 5.69 Å². The Bertz CT molecular complexity index is 407. The third-order valence-corrected chi connectivity index (χ3v) is 2.44. The minimum absolute atomic E-state index is 0.117. The van der Waals surface area contributed by atoms with Crippen LogP contribution in [-0.4, -0.2) is 30.6 Å². The number of hydrogen-bond donors (Lipinski definition) is 2. The van der Waals surface area contributed by atoms with E-state index in [4.69, 9.17) is 4.74 Å². The second-order valence-electron chi connectivity index (χ2n) is 4.08. The molecule has 1 amide bonds. The summed E-state index contributed by atoms with van der Waals surface area (Å²) in [5.41, 5.74) is 1.74. The zero-order valence-corrected chi connectivity index (χ0v) is 11.4. The Labute approximate surface area is 108 Å². The molecule has 0 aliphatic rings. The number of pyridine rings is 1. The van der Waals surface area contributed by atoms with E-state index >= 15 is 0 Å². The number of nitrogens with one attached hydrogen (secondary N) is 2. The van der Waals surface area contributed by atoms with Crippen LogP contribution in [-0.2, 0) is 11.3 Å². The zero-order valence-electron chi connectivity index (χ0n) is 11.4. The van der Waals surface area contributed by atoms with E-state index in [-0.39, 0.29) is 5.91 Å². The molecule has 1 rings (SSSR count). The highest BCUT2D eigenvalue weighted by atomic mass is 16.5. The van der Waals surface area contributed by atoms with E-state index in [1.165, 1.54) is 0 Å². The largest absolute Gasteiger partial charge is 0.479 e. The molecular weight excluding hydrogens is 230 g/mol. The zero-order chi connectivity index (χ0) is 13.5. The van der Waals surface area contributed by atoms with Crippen LogP contribution < -0.4 is 15.4 Å². The molecule has 18 heavy (non-hydrogen) atoms. The van der Waals surface area contributed by atoms with Gasteiger partial charge >= 0.3 is 0 Å². The number of carbonyl (C=O) groups is 1. The number of ether oxygens (including phenoxy) is 1. The SMILES string of the molecule is CCNC(=O)C(C)Oc1ccc(C)nc1CNC. The maximum atomic E-state index is 11.6. The van der Waals surface area contributed by atoms with Gasteiger partial charge in [-0.1, -0.05) is 0 Å². The van der Waals surface area contributed by atoms with E-state index in [2.05, 4.69) is 15.6 Å². The summed E-state index contributed by atoms with van der Waals surface area (Å²) in [7, 11) is 1.85. The van der Waals surface area contributed by atoms with Crippen LogP contribution in [0, 0.1) is 6.92 Å². The lowest BCUT2D eigenvalue weighted by molar-refractivity contribution is -0.127. The van der Waals surface area contributed by atoms with E-state index in [1.54, 1.807) is 6.92 Å². The molecule has 1 aromatic heterocycles. The fourth-order valence-electron chi connectivity index (χ4n) is 1.56. The van der Waals surface area contributed by atoms with Crippen molar-refractivity contribution >= 4 is 5.91 Å². The van der Waals surface area contributed by atoms with Gasteiger partial charge in [0.25, 0.3) is 5.91 Å². The predicted molar refractivity (Wildman–Crippen MR) is 70.5 cm³/mol. The Morgan fingerprint density at radius 1 is 1.50 bits per heavy atom. The monoisotopic (exact) mass is 251 g/mol. The molecule has 0 aromatic carbocycles. The lowest BCUT2D eigenvalue weighted by atomic mass is 10.2. The summed E-state index contributed by atoms with van der Waals surface area (Å²) >= 11 is 0.